The Morgan fingerprint density at radius 2 is 0.857 bits per heavy atom. The third-order valence-corrected chi connectivity index (χ3v) is 4.07. The van der Waals surface area contributed by atoms with E-state index in [9.17, 15) is 19.2 Å². The molecular weight excluding hydrogens is 380 g/mol. The second-order valence-electron chi connectivity index (χ2n) is 5.53. The number of nitriles is 2. The van der Waals surface area contributed by atoms with Crippen molar-refractivity contribution in [1.29, 1.82) is 10.5 Å². The normalized spacial score (nSPS) is 22.2. The Morgan fingerprint density at radius 3 is 1.00 bits per heavy atom. The minimum Gasteiger partial charge on any atom is -0.507 e. The van der Waals surface area contributed by atoms with E-state index in [4.69, 9.17) is 41.2 Å². The van der Waals surface area contributed by atoms with Crippen molar-refractivity contribution < 1.29 is 49.8 Å². The summed E-state index contributed by atoms with van der Waals surface area (Å²) in [6.45, 7) is 0. The molecule has 6 N–H and O–H groups in total. The molecule has 0 bridgehead atoms. The fourth-order valence-corrected chi connectivity index (χ4v) is 2.78. The molecule has 12 nitrogen and oxygen atoms in total. The van der Waals surface area contributed by atoms with Crippen molar-refractivity contribution in [2.75, 3.05) is 0 Å². The molecule has 1 aliphatic carbocycles. The molecule has 0 heterocycles. The molecule has 2 rings (SSSR count). The van der Waals surface area contributed by atoms with E-state index in [1.54, 1.807) is 12.1 Å². The van der Waals surface area contributed by atoms with Crippen molar-refractivity contribution in [2.45, 2.75) is 0 Å². The second kappa shape index (κ2) is 8.37. The second-order valence-corrected chi connectivity index (χ2v) is 5.53. The summed E-state index contributed by atoms with van der Waals surface area (Å²) < 4.78 is 0. The van der Waals surface area contributed by atoms with Crippen molar-refractivity contribution in [3.63, 3.8) is 0 Å². The molecule has 0 aliphatic heterocycles. The molecule has 0 spiro atoms. The SMILES string of the molecule is N#Cc1c(O)ccc(O)c1C#N.O=C(O)C1C(C(=O)O)C(C(=O)O)C1C(=O)O. The molecule has 1 aromatic carbocycles. The summed E-state index contributed by atoms with van der Waals surface area (Å²) >= 11 is 0. The smallest absolute Gasteiger partial charge is 0.308 e. The standard InChI is InChI=1S/C8H4N2O2.C8H8O8/c9-3-5-6(4-10)8(12)2-1-7(5)11;9-5(10)1-2(6(11)12)4(8(15)16)3(1)7(13)14/h1-2,11-12H;1-4H,(H,9,10)(H,11,12)(H,13,14)(H,15,16). The molecule has 1 aliphatic rings. The molecular formula is C16H12N2O10. The highest BCUT2D eigenvalue weighted by atomic mass is 16.4. The van der Waals surface area contributed by atoms with Crippen LogP contribution < -0.4 is 0 Å². The van der Waals surface area contributed by atoms with E-state index in [0.717, 1.165) is 12.1 Å². The molecule has 1 aromatic rings. The summed E-state index contributed by atoms with van der Waals surface area (Å²) in [6, 6.07) is 5.57. The van der Waals surface area contributed by atoms with Gasteiger partial charge < -0.3 is 30.6 Å². The lowest BCUT2D eigenvalue weighted by molar-refractivity contribution is -0.191. The summed E-state index contributed by atoms with van der Waals surface area (Å²) in [5.74, 6) is -13.8. The van der Waals surface area contributed by atoms with Gasteiger partial charge >= 0.3 is 23.9 Å². The number of benzene rings is 1. The van der Waals surface area contributed by atoms with Crippen LogP contribution in [0.5, 0.6) is 11.5 Å². The number of rotatable bonds is 4. The number of phenolic OH excluding ortho intramolecular Hbond substituents is 2. The minimum absolute atomic E-state index is 0.197. The monoisotopic (exact) mass is 392 g/mol. The average Bonchev–Trinajstić information content (AvgIpc) is 2.54. The largest absolute Gasteiger partial charge is 0.507 e. The van der Waals surface area contributed by atoms with Gasteiger partial charge in [-0.3, -0.25) is 19.2 Å². The van der Waals surface area contributed by atoms with Gasteiger partial charge in [0.1, 0.15) is 34.8 Å². The molecule has 1 saturated carbocycles. The van der Waals surface area contributed by atoms with Crippen LogP contribution >= 0.6 is 0 Å². The lowest BCUT2D eigenvalue weighted by Crippen LogP contribution is -2.59. The van der Waals surface area contributed by atoms with Gasteiger partial charge in [0.15, 0.2) is 0 Å². The fourth-order valence-electron chi connectivity index (χ4n) is 2.78. The van der Waals surface area contributed by atoms with Crippen molar-refractivity contribution in [3.8, 4) is 23.6 Å². The Hall–Kier alpha value is -4.32. The third kappa shape index (κ3) is 3.91. The molecule has 0 saturated heterocycles. The molecule has 0 unspecified atom stereocenters. The quantitative estimate of drug-likeness (QED) is 0.360. The third-order valence-electron chi connectivity index (χ3n) is 4.07. The summed E-state index contributed by atoms with van der Waals surface area (Å²) in [7, 11) is 0. The first kappa shape index (κ1) is 21.7. The highest BCUT2D eigenvalue weighted by Crippen LogP contribution is 2.47. The van der Waals surface area contributed by atoms with Gasteiger partial charge in [-0.05, 0) is 12.1 Å². The first-order valence-electron chi connectivity index (χ1n) is 7.25. The van der Waals surface area contributed by atoms with Crippen LogP contribution in [0.3, 0.4) is 0 Å². The minimum atomic E-state index is -1.70. The van der Waals surface area contributed by atoms with Gasteiger partial charge in [0.2, 0.25) is 0 Å². The summed E-state index contributed by atoms with van der Waals surface area (Å²) in [5.41, 5.74) is -0.394. The van der Waals surface area contributed by atoms with Gasteiger partial charge in [0.05, 0.1) is 23.7 Å². The Kier molecular flexibility index (Phi) is 6.50. The van der Waals surface area contributed by atoms with Gasteiger partial charge in [-0.25, -0.2) is 0 Å². The molecule has 1 fully saturated rings. The fraction of sp³-hybridized carbons (Fsp3) is 0.250. The van der Waals surface area contributed by atoms with Gasteiger partial charge in [-0.2, -0.15) is 10.5 Å². The number of carbonyl (C=O) groups is 4. The zero-order chi connectivity index (χ0) is 21.8. The van der Waals surface area contributed by atoms with E-state index in [2.05, 4.69) is 0 Å². The predicted molar refractivity (Wildman–Crippen MR) is 83.7 cm³/mol. The molecule has 0 radical (unpaired) electrons. The predicted octanol–water partition coefficient (Wildman–Crippen LogP) is -0.356. The number of aromatic hydroxyl groups is 2. The van der Waals surface area contributed by atoms with Gasteiger partial charge in [-0.15, -0.1) is 0 Å². The van der Waals surface area contributed by atoms with E-state index < -0.39 is 47.5 Å². The highest BCUT2D eigenvalue weighted by Gasteiger charge is 2.64. The molecule has 0 aromatic heterocycles. The zero-order valence-electron chi connectivity index (χ0n) is 13.7. The maximum Gasteiger partial charge on any atom is 0.308 e. The highest BCUT2D eigenvalue weighted by molar-refractivity contribution is 5.95. The number of phenols is 2. The van der Waals surface area contributed by atoms with Crippen LogP contribution in [0, 0.1) is 46.3 Å². The Balaban J connectivity index is 0.000000292. The van der Waals surface area contributed by atoms with Crippen molar-refractivity contribution in [1.82, 2.24) is 0 Å². The van der Waals surface area contributed by atoms with Crippen LogP contribution in [0.1, 0.15) is 11.1 Å². The number of hydrogen-bond donors (Lipinski definition) is 6. The van der Waals surface area contributed by atoms with E-state index in [1.165, 1.54) is 0 Å². The van der Waals surface area contributed by atoms with Gasteiger partial charge in [-0.1, -0.05) is 0 Å². The van der Waals surface area contributed by atoms with Crippen molar-refractivity contribution >= 4 is 23.9 Å². The van der Waals surface area contributed by atoms with Crippen molar-refractivity contribution in [3.05, 3.63) is 23.3 Å². The molecule has 0 atom stereocenters. The molecule has 12 heteroatoms. The number of hydrogen-bond acceptors (Lipinski definition) is 8. The van der Waals surface area contributed by atoms with E-state index in [-0.39, 0.29) is 22.6 Å². The topological polar surface area (TPSA) is 237 Å². The van der Waals surface area contributed by atoms with E-state index >= 15 is 0 Å². The van der Waals surface area contributed by atoms with Crippen LogP contribution in [0.4, 0.5) is 0 Å². The molecule has 0 amide bonds. The zero-order valence-corrected chi connectivity index (χ0v) is 13.7. The summed E-state index contributed by atoms with van der Waals surface area (Å²) in [6.07, 6.45) is 0. The summed E-state index contributed by atoms with van der Waals surface area (Å²) in [4.78, 5) is 42.6. The average molecular weight is 392 g/mol. The Labute approximate surface area is 155 Å². The van der Waals surface area contributed by atoms with E-state index in [0.29, 0.717) is 0 Å². The Morgan fingerprint density at radius 1 is 0.643 bits per heavy atom. The lowest BCUT2D eigenvalue weighted by atomic mass is 9.56. The molecule has 146 valence electrons. The van der Waals surface area contributed by atoms with Crippen molar-refractivity contribution in [2.24, 2.45) is 23.7 Å². The Bertz CT molecular complexity index is 808. The maximum absolute atomic E-state index is 10.7. The molecule has 28 heavy (non-hydrogen) atoms. The van der Waals surface area contributed by atoms with Crippen LogP contribution in [-0.2, 0) is 19.2 Å². The lowest BCUT2D eigenvalue weighted by Gasteiger charge is -2.42. The van der Waals surface area contributed by atoms with Gasteiger partial charge in [0.25, 0.3) is 0 Å². The van der Waals surface area contributed by atoms with Crippen LogP contribution in [0.15, 0.2) is 12.1 Å². The number of carboxylic acids is 4. The number of aliphatic carboxylic acids is 4. The van der Waals surface area contributed by atoms with Crippen LogP contribution in [-0.4, -0.2) is 54.5 Å². The van der Waals surface area contributed by atoms with E-state index in [1.807, 2.05) is 0 Å². The first-order valence-corrected chi connectivity index (χ1v) is 7.25. The number of nitrogens with zero attached hydrogens (tertiary/aromatic N) is 2. The maximum atomic E-state index is 10.7. The summed E-state index contributed by atoms with van der Waals surface area (Å²) in [5, 5.41) is 69.7. The number of carboxylic acid groups (broad SMARTS) is 4. The first-order chi connectivity index (χ1) is 13.0. The van der Waals surface area contributed by atoms with Gasteiger partial charge in [0, 0.05) is 0 Å². The van der Waals surface area contributed by atoms with Crippen LogP contribution in [0.25, 0.3) is 0 Å². The van der Waals surface area contributed by atoms with Crippen LogP contribution in [0.2, 0.25) is 0 Å².